The van der Waals surface area contributed by atoms with Gasteiger partial charge in [-0.15, -0.1) is 11.8 Å². The third-order valence-electron chi connectivity index (χ3n) is 2.53. The first-order valence-electron chi connectivity index (χ1n) is 5.11. The fraction of sp³-hybridized carbons (Fsp3) is 0.273. The summed E-state index contributed by atoms with van der Waals surface area (Å²) in [6.07, 6.45) is 0. The quantitative estimate of drug-likeness (QED) is 0.912. The highest BCUT2D eigenvalue weighted by Gasteiger charge is 2.35. The highest BCUT2D eigenvalue weighted by molar-refractivity contribution is 8.00. The lowest BCUT2D eigenvalue weighted by Crippen LogP contribution is -2.39. The molecule has 0 aliphatic carbocycles. The lowest BCUT2D eigenvalue weighted by molar-refractivity contribution is -0.138. The molecule has 1 atom stereocenters. The lowest BCUT2D eigenvalue weighted by atomic mass is 10.2. The van der Waals surface area contributed by atoms with Crippen molar-refractivity contribution in [2.75, 3.05) is 12.3 Å². The van der Waals surface area contributed by atoms with Crippen molar-refractivity contribution < 1.29 is 14.7 Å². The number of carboxylic acids is 1. The largest absolute Gasteiger partial charge is 0.479 e. The van der Waals surface area contributed by atoms with Crippen LogP contribution in [0, 0.1) is 0 Å². The Labute approximate surface area is 118 Å². The summed E-state index contributed by atoms with van der Waals surface area (Å²) in [6, 6.07) is 4.52. The smallest absolute Gasteiger partial charge is 0.337 e. The van der Waals surface area contributed by atoms with Crippen molar-refractivity contribution in [3.8, 4) is 0 Å². The summed E-state index contributed by atoms with van der Waals surface area (Å²) in [6.45, 7) is 0.417. The predicted molar refractivity (Wildman–Crippen MR) is 71.4 cm³/mol. The molecule has 1 aromatic rings. The van der Waals surface area contributed by atoms with Gasteiger partial charge in [-0.05, 0) is 18.2 Å². The molecule has 0 spiro atoms. The maximum atomic E-state index is 12.2. The second-order valence-electron chi connectivity index (χ2n) is 3.69. The van der Waals surface area contributed by atoms with Crippen LogP contribution in [-0.4, -0.2) is 39.6 Å². The van der Waals surface area contributed by atoms with E-state index < -0.39 is 11.3 Å². The summed E-state index contributed by atoms with van der Waals surface area (Å²) in [5, 5.41) is 8.83. The number of nitrogens with zero attached hydrogens (tertiary/aromatic N) is 1. The van der Waals surface area contributed by atoms with Gasteiger partial charge in [0.15, 0.2) is 5.37 Å². The van der Waals surface area contributed by atoms with E-state index >= 15 is 0 Å². The number of carbonyl (C=O) groups is 2. The topological polar surface area (TPSA) is 57.6 Å². The number of hydrogen-bond donors (Lipinski definition) is 1. The average Bonchev–Trinajstić information content (AvgIpc) is 2.81. The Hall–Kier alpha value is -0.910. The van der Waals surface area contributed by atoms with Crippen LogP contribution in [0.25, 0.3) is 0 Å². The number of amides is 1. The van der Waals surface area contributed by atoms with E-state index in [0.29, 0.717) is 22.9 Å². The van der Waals surface area contributed by atoms with Gasteiger partial charge in [-0.3, -0.25) is 4.79 Å². The number of carboxylic acid groups (broad SMARTS) is 1. The highest BCUT2D eigenvalue weighted by atomic mass is 35.5. The monoisotopic (exact) mass is 305 g/mol. The molecule has 2 rings (SSSR count). The van der Waals surface area contributed by atoms with E-state index in [4.69, 9.17) is 28.3 Å². The third kappa shape index (κ3) is 2.58. The summed E-state index contributed by atoms with van der Waals surface area (Å²) < 4.78 is 0. The molecule has 1 amide bonds. The van der Waals surface area contributed by atoms with Crippen molar-refractivity contribution in [3.63, 3.8) is 0 Å². The lowest BCUT2D eigenvalue weighted by Gasteiger charge is -2.20. The molecule has 1 heterocycles. The van der Waals surface area contributed by atoms with Crippen molar-refractivity contribution in [1.82, 2.24) is 4.90 Å². The number of halogens is 2. The molecular formula is C11H9Cl2NO3S. The van der Waals surface area contributed by atoms with E-state index in [-0.39, 0.29) is 10.9 Å². The molecule has 1 aliphatic heterocycles. The van der Waals surface area contributed by atoms with Crippen molar-refractivity contribution in [2.45, 2.75) is 5.37 Å². The molecule has 0 aromatic heterocycles. The Balaban J connectivity index is 2.25. The van der Waals surface area contributed by atoms with Crippen LogP contribution in [-0.2, 0) is 4.79 Å². The molecule has 1 saturated heterocycles. The summed E-state index contributed by atoms with van der Waals surface area (Å²) in [4.78, 5) is 24.5. The number of aliphatic carboxylic acids is 1. The normalized spacial score (nSPS) is 19.0. The summed E-state index contributed by atoms with van der Waals surface area (Å²) in [5.41, 5.74) is 0.346. The Morgan fingerprint density at radius 1 is 1.33 bits per heavy atom. The Bertz CT molecular complexity index is 509. The average molecular weight is 306 g/mol. The van der Waals surface area contributed by atoms with E-state index in [0.717, 1.165) is 0 Å². The van der Waals surface area contributed by atoms with Crippen molar-refractivity contribution in [3.05, 3.63) is 33.8 Å². The molecule has 0 radical (unpaired) electrons. The summed E-state index contributed by atoms with van der Waals surface area (Å²) in [5.74, 6) is -0.735. The first-order chi connectivity index (χ1) is 8.50. The van der Waals surface area contributed by atoms with Crippen LogP contribution in [0.3, 0.4) is 0 Å². The highest BCUT2D eigenvalue weighted by Crippen LogP contribution is 2.28. The van der Waals surface area contributed by atoms with Gasteiger partial charge in [-0.1, -0.05) is 23.2 Å². The van der Waals surface area contributed by atoms with Gasteiger partial charge in [0.2, 0.25) is 0 Å². The van der Waals surface area contributed by atoms with Gasteiger partial charge >= 0.3 is 5.97 Å². The molecule has 1 unspecified atom stereocenters. The van der Waals surface area contributed by atoms with Crippen molar-refractivity contribution in [1.29, 1.82) is 0 Å². The van der Waals surface area contributed by atoms with Gasteiger partial charge in [0, 0.05) is 17.9 Å². The minimum atomic E-state index is -1.01. The van der Waals surface area contributed by atoms with E-state index in [2.05, 4.69) is 0 Å². The van der Waals surface area contributed by atoms with Gasteiger partial charge in [-0.25, -0.2) is 4.79 Å². The van der Waals surface area contributed by atoms with Crippen LogP contribution in [0.1, 0.15) is 10.4 Å². The van der Waals surface area contributed by atoms with Crippen LogP contribution in [0.15, 0.2) is 18.2 Å². The van der Waals surface area contributed by atoms with Gasteiger partial charge in [0.1, 0.15) is 0 Å². The van der Waals surface area contributed by atoms with E-state index in [1.807, 2.05) is 0 Å². The third-order valence-corrected chi connectivity index (χ3v) is 4.46. The fourth-order valence-corrected chi connectivity index (χ4v) is 3.02. The maximum Gasteiger partial charge on any atom is 0.337 e. The fourth-order valence-electron chi connectivity index (χ4n) is 1.68. The van der Waals surface area contributed by atoms with E-state index in [9.17, 15) is 9.59 Å². The summed E-state index contributed by atoms with van der Waals surface area (Å²) in [7, 11) is 0. The van der Waals surface area contributed by atoms with Crippen molar-refractivity contribution in [2.24, 2.45) is 0 Å². The Morgan fingerprint density at radius 3 is 2.67 bits per heavy atom. The van der Waals surface area contributed by atoms with Crippen LogP contribution < -0.4 is 0 Å². The molecule has 18 heavy (non-hydrogen) atoms. The second-order valence-corrected chi connectivity index (χ2v) is 5.69. The zero-order valence-corrected chi connectivity index (χ0v) is 11.4. The number of thioether (sulfide) groups is 1. The Morgan fingerprint density at radius 2 is 2.06 bits per heavy atom. The van der Waals surface area contributed by atoms with E-state index in [1.54, 1.807) is 6.07 Å². The Kier molecular flexibility index (Phi) is 4.04. The number of rotatable bonds is 2. The minimum absolute atomic E-state index is 0.279. The van der Waals surface area contributed by atoms with Gasteiger partial charge < -0.3 is 10.0 Å². The molecule has 96 valence electrons. The second kappa shape index (κ2) is 5.38. The zero-order valence-electron chi connectivity index (χ0n) is 9.10. The van der Waals surface area contributed by atoms with Gasteiger partial charge in [0.25, 0.3) is 5.91 Å². The SMILES string of the molecule is O=C(O)C1SCCN1C(=O)c1ccc(Cl)c(Cl)c1. The van der Waals surface area contributed by atoms with Crippen LogP contribution in [0.5, 0.6) is 0 Å². The molecule has 1 fully saturated rings. The zero-order chi connectivity index (χ0) is 13.3. The number of carbonyl (C=O) groups excluding carboxylic acids is 1. The van der Waals surface area contributed by atoms with Gasteiger partial charge in [0.05, 0.1) is 10.0 Å². The molecule has 1 aromatic carbocycles. The van der Waals surface area contributed by atoms with Crippen LogP contribution in [0.4, 0.5) is 0 Å². The number of benzene rings is 1. The molecule has 0 bridgehead atoms. The maximum absolute atomic E-state index is 12.2. The molecule has 4 nitrogen and oxygen atoms in total. The van der Waals surface area contributed by atoms with Gasteiger partial charge in [-0.2, -0.15) is 0 Å². The first-order valence-corrected chi connectivity index (χ1v) is 6.91. The molecule has 1 N–H and O–H groups in total. The van der Waals surface area contributed by atoms with Crippen molar-refractivity contribution >= 4 is 46.8 Å². The molecular weight excluding hydrogens is 297 g/mol. The van der Waals surface area contributed by atoms with E-state index in [1.165, 1.54) is 28.8 Å². The summed E-state index contributed by atoms with van der Waals surface area (Å²) >= 11 is 12.8. The predicted octanol–water partition coefficient (Wildman–Crippen LogP) is 2.59. The van der Waals surface area contributed by atoms with Crippen LogP contribution in [0.2, 0.25) is 10.0 Å². The molecule has 0 saturated carbocycles. The number of hydrogen-bond acceptors (Lipinski definition) is 3. The standard InChI is InChI=1S/C11H9Cl2NO3S/c12-7-2-1-6(5-8(7)13)9(15)14-3-4-18-10(14)11(16)17/h1-2,5,10H,3-4H2,(H,16,17). The van der Waals surface area contributed by atoms with Crippen LogP contribution >= 0.6 is 35.0 Å². The minimum Gasteiger partial charge on any atom is -0.479 e. The first kappa shape index (κ1) is 13.5. The molecule has 7 heteroatoms. The molecule has 1 aliphatic rings.